The fourth-order valence-electron chi connectivity index (χ4n) is 2.51. The molecule has 5 atom stereocenters. The van der Waals surface area contributed by atoms with E-state index < -0.39 is 37.3 Å². The van der Waals surface area contributed by atoms with Crippen LogP contribution in [0, 0.1) is 0 Å². The van der Waals surface area contributed by atoms with E-state index in [1.807, 2.05) is 0 Å². The highest BCUT2D eigenvalue weighted by Crippen LogP contribution is 2.38. The summed E-state index contributed by atoms with van der Waals surface area (Å²) in [5.41, 5.74) is 0.720. The Kier molecular flexibility index (Phi) is 4.84. The molecule has 3 rings (SSSR count). The van der Waals surface area contributed by atoms with E-state index in [-0.39, 0.29) is 0 Å². The first-order valence-electron chi connectivity index (χ1n) is 6.86. The molecule has 2 heterocycles. The average molecular weight is 409 g/mol. The van der Waals surface area contributed by atoms with Gasteiger partial charge in [0, 0.05) is 10.7 Å². The molecular weight excluding hydrogens is 394 g/mol. The van der Waals surface area contributed by atoms with Gasteiger partial charge >= 0.3 is 0 Å². The zero-order chi connectivity index (χ0) is 16.7. The number of benzene rings is 1. The third-order valence-electron chi connectivity index (χ3n) is 3.79. The Labute approximate surface area is 144 Å². The second kappa shape index (κ2) is 6.56. The van der Waals surface area contributed by atoms with Gasteiger partial charge in [-0.15, -0.1) is 0 Å². The molecule has 2 aromatic rings. The van der Waals surface area contributed by atoms with Gasteiger partial charge in [0.05, 0.1) is 22.5 Å². The van der Waals surface area contributed by atoms with Crippen molar-refractivity contribution in [2.45, 2.75) is 30.7 Å². The molecular formula is C14H15BrClNO6. The lowest BCUT2D eigenvalue weighted by atomic mass is 9.99. The Morgan fingerprint density at radius 3 is 2.65 bits per heavy atom. The third-order valence-corrected chi connectivity index (χ3v) is 5.07. The molecule has 0 spiro atoms. The molecule has 0 radical (unpaired) electrons. The van der Waals surface area contributed by atoms with Crippen molar-refractivity contribution in [1.82, 2.24) is 4.98 Å². The van der Waals surface area contributed by atoms with Gasteiger partial charge in [-0.1, -0.05) is 11.6 Å². The Bertz CT molecular complexity index is 708. The van der Waals surface area contributed by atoms with Crippen LogP contribution in [0.3, 0.4) is 0 Å². The van der Waals surface area contributed by atoms with Gasteiger partial charge in [0.2, 0.25) is 6.29 Å². The second-order valence-corrected chi connectivity index (χ2v) is 6.48. The number of hydrogen-bond acceptors (Lipinski definition) is 6. The molecule has 1 saturated heterocycles. The molecule has 0 aliphatic carbocycles. The zero-order valence-corrected chi connectivity index (χ0v) is 14.0. The van der Waals surface area contributed by atoms with E-state index in [9.17, 15) is 20.4 Å². The van der Waals surface area contributed by atoms with Gasteiger partial charge in [-0.25, -0.2) is 0 Å². The highest BCUT2D eigenvalue weighted by molar-refractivity contribution is 9.10. The van der Waals surface area contributed by atoms with Crippen molar-refractivity contribution >= 4 is 38.4 Å². The van der Waals surface area contributed by atoms with Gasteiger partial charge in [-0.3, -0.25) is 0 Å². The van der Waals surface area contributed by atoms with Crippen LogP contribution >= 0.6 is 27.5 Å². The standard InChI is InChI=1S/C14H15BrClNO6/c15-5-1-2-6-9(10(5)16)7(3-17-6)22-14-13(21)12(20)11(19)8(4-18)23-14/h1-3,8,11-14,17-21H,4H2/t8-,11-,12-,13-,14+/m0/s1. The first-order chi connectivity index (χ1) is 10.9. The summed E-state index contributed by atoms with van der Waals surface area (Å²) in [5.74, 6) is 0.315. The summed E-state index contributed by atoms with van der Waals surface area (Å²) in [6, 6.07) is 3.57. The van der Waals surface area contributed by atoms with Crippen LogP contribution in [0.15, 0.2) is 22.8 Å². The molecule has 0 bridgehead atoms. The number of aromatic amines is 1. The number of fused-ring (bicyclic) bond motifs is 1. The van der Waals surface area contributed by atoms with E-state index in [4.69, 9.17) is 21.1 Å². The number of aliphatic hydroxyl groups is 4. The molecule has 0 amide bonds. The zero-order valence-electron chi connectivity index (χ0n) is 11.7. The number of aromatic nitrogens is 1. The van der Waals surface area contributed by atoms with Crippen molar-refractivity contribution in [2.75, 3.05) is 6.61 Å². The van der Waals surface area contributed by atoms with E-state index in [1.54, 1.807) is 18.3 Å². The van der Waals surface area contributed by atoms with Gasteiger partial charge in [0.25, 0.3) is 0 Å². The number of H-pyrrole nitrogens is 1. The van der Waals surface area contributed by atoms with Crippen molar-refractivity contribution in [3.63, 3.8) is 0 Å². The molecule has 23 heavy (non-hydrogen) atoms. The summed E-state index contributed by atoms with van der Waals surface area (Å²) in [4.78, 5) is 2.98. The topological polar surface area (TPSA) is 115 Å². The molecule has 9 heteroatoms. The van der Waals surface area contributed by atoms with Crippen molar-refractivity contribution in [1.29, 1.82) is 0 Å². The number of nitrogens with one attached hydrogen (secondary N) is 1. The lowest BCUT2D eigenvalue weighted by Crippen LogP contribution is -2.60. The van der Waals surface area contributed by atoms with E-state index in [1.165, 1.54) is 0 Å². The summed E-state index contributed by atoms with van der Waals surface area (Å²) in [5, 5.41) is 39.8. The van der Waals surface area contributed by atoms with Crippen LogP contribution in [0.2, 0.25) is 5.02 Å². The van der Waals surface area contributed by atoms with Crippen LogP contribution in [0.5, 0.6) is 5.75 Å². The van der Waals surface area contributed by atoms with Crippen molar-refractivity contribution in [3.8, 4) is 5.75 Å². The van der Waals surface area contributed by atoms with E-state index in [0.29, 0.717) is 20.6 Å². The van der Waals surface area contributed by atoms with Crippen LogP contribution in [0.25, 0.3) is 10.9 Å². The number of ether oxygens (including phenoxy) is 2. The SMILES string of the molecule is OC[C@@H]1O[C@@H](Oc2c[nH]c3ccc(Br)c(Cl)c23)[C@@H](O)[C@@H](O)[C@H]1O. The van der Waals surface area contributed by atoms with Crippen molar-refractivity contribution in [3.05, 3.63) is 27.8 Å². The van der Waals surface area contributed by atoms with Gasteiger partial charge in [-0.05, 0) is 28.1 Å². The van der Waals surface area contributed by atoms with E-state index in [2.05, 4.69) is 20.9 Å². The van der Waals surface area contributed by atoms with Gasteiger partial charge in [0.15, 0.2) is 0 Å². The summed E-state index contributed by atoms with van der Waals surface area (Å²) < 4.78 is 11.6. The summed E-state index contributed by atoms with van der Waals surface area (Å²) in [6.07, 6.45) is -5.17. The minimum atomic E-state index is -1.50. The maximum atomic E-state index is 10.0. The molecule has 0 saturated carbocycles. The average Bonchev–Trinajstić information content (AvgIpc) is 2.95. The number of aliphatic hydroxyl groups excluding tert-OH is 4. The molecule has 7 nitrogen and oxygen atoms in total. The van der Waals surface area contributed by atoms with Crippen molar-refractivity contribution < 1.29 is 29.9 Å². The minimum absolute atomic E-state index is 0.315. The molecule has 1 aromatic heterocycles. The molecule has 126 valence electrons. The quantitative estimate of drug-likeness (QED) is 0.512. The van der Waals surface area contributed by atoms with Gasteiger partial charge < -0.3 is 34.9 Å². The fourth-order valence-corrected chi connectivity index (χ4v) is 3.10. The second-order valence-electron chi connectivity index (χ2n) is 5.25. The maximum absolute atomic E-state index is 10.0. The first-order valence-corrected chi connectivity index (χ1v) is 8.03. The summed E-state index contributed by atoms with van der Waals surface area (Å²) >= 11 is 9.58. The Balaban J connectivity index is 1.91. The minimum Gasteiger partial charge on any atom is -0.460 e. The predicted molar refractivity (Wildman–Crippen MR) is 85.4 cm³/mol. The lowest BCUT2D eigenvalue weighted by Gasteiger charge is -2.39. The van der Waals surface area contributed by atoms with Crippen LogP contribution in [-0.4, -0.2) is 62.7 Å². The molecule has 1 fully saturated rings. The Hall–Kier alpha value is -0.870. The first kappa shape index (κ1) is 17.0. The van der Waals surface area contributed by atoms with Gasteiger partial charge in [0.1, 0.15) is 30.2 Å². The monoisotopic (exact) mass is 407 g/mol. The van der Waals surface area contributed by atoms with Crippen LogP contribution < -0.4 is 4.74 Å². The van der Waals surface area contributed by atoms with Crippen molar-refractivity contribution in [2.24, 2.45) is 0 Å². The normalized spacial score (nSPS) is 31.5. The third kappa shape index (κ3) is 2.96. The van der Waals surface area contributed by atoms with Crippen LogP contribution in [0.1, 0.15) is 0 Å². The number of rotatable bonds is 3. The highest BCUT2D eigenvalue weighted by Gasteiger charge is 2.44. The van der Waals surface area contributed by atoms with Crippen LogP contribution in [-0.2, 0) is 4.74 Å². The predicted octanol–water partition coefficient (Wildman–Crippen LogP) is 0.762. The molecule has 1 aliphatic heterocycles. The Morgan fingerprint density at radius 2 is 1.96 bits per heavy atom. The maximum Gasteiger partial charge on any atom is 0.229 e. The summed E-state index contributed by atoms with van der Waals surface area (Å²) in [7, 11) is 0. The lowest BCUT2D eigenvalue weighted by molar-refractivity contribution is -0.277. The fraction of sp³-hybridized carbons (Fsp3) is 0.429. The molecule has 1 aliphatic rings. The molecule has 0 unspecified atom stereocenters. The number of hydrogen-bond donors (Lipinski definition) is 5. The van der Waals surface area contributed by atoms with E-state index >= 15 is 0 Å². The molecule has 1 aromatic carbocycles. The van der Waals surface area contributed by atoms with E-state index in [0.717, 1.165) is 5.52 Å². The number of halogens is 2. The van der Waals surface area contributed by atoms with Crippen LogP contribution in [0.4, 0.5) is 0 Å². The summed E-state index contributed by atoms with van der Waals surface area (Å²) in [6.45, 7) is -0.523. The molecule has 5 N–H and O–H groups in total. The largest absolute Gasteiger partial charge is 0.460 e. The smallest absolute Gasteiger partial charge is 0.229 e. The highest BCUT2D eigenvalue weighted by atomic mass is 79.9. The van der Waals surface area contributed by atoms with Gasteiger partial charge in [-0.2, -0.15) is 0 Å². The Morgan fingerprint density at radius 1 is 1.22 bits per heavy atom.